The number of carbonyl (C=O) groups is 1. The summed E-state index contributed by atoms with van der Waals surface area (Å²) in [6.45, 7) is 4.27. The van der Waals surface area contributed by atoms with Crippen molar-refractivity contribution in [2.45, 2.75) is 20.3 Å². The van der Waals surface area contributed by atoms with Gasteiger partial charge in [-0.2, -0.15) is 0 Å². The molecular weight excluding hydrogens is 305 g/mol. The number of anilines is 2. The van der Waals surface area contributed by atoms with Crippen LogP contribution < -0.4 is 10.6 Å². The molecule has 6 heteroatoms. The fourth-order valence-corrected chi connectivity index (χ4v) is 2.16. The Bertz CT molecular complexity index is 732. The number of aryl methyl sites for hydroxylation is 2. The first kappa shape index (κ1) is 16.9. The van der Waals surface area contributed by atoms with E-state index in [1.54, 1.807) is 0 Å². The Morgan fingerprint density at radius 2 is 1.70 bits per heavy atom. The number of hydrogen-bond acceptors (Lipinski definition) is 2. The van der Waals surface area contributed by atoms with Crippen molar-refractivity contribution in [3.8, 4) is 0 Å². The molecule has 3 nitrogen and oxygen atoms in total. The molecule has 0 saturated carbocycles. The molecule has 1 amide bonds. The highest BCUT2D eigenvalue weighted by Crippen LogP contribution is 2.20. The maximum absolute atomic E-state index is 13.5. The van der Waals surface area contributed by atoms with Gasteiger partial charge in [0.15, 0.2) is 17.5 Å². The van der Waals surface area contributed by atoms with E-state index in [0.717, 1.165) is 28.9 Å². The van der Waals surface area contributed by atoms with E-state index in [0.29, 0.717) is 6.54 Å². The van der Waals surface area contributed by atoms with Crippen LogP contribution in [0.25, 0.3) is 0 Å². The first-order valence-electron chi connectivity index (χ1n) is 7.13. The summed E-state index contributed by atoms with van der Waals surface area (Å²) in [5.41, 5.74) is 2.72. The van der Waals surface area contributed by atoms with Crippen LogP contribution in [0.4, 0.5) is 24.5 Å². The van der Waals surface area contributed by atoms with Crippen LogP contribution in [-0.4, -0.2) is 12.5 Å². The summed E-state index contributed by atoms with van der Waals surface area (Å²) in [6.07, 6.45) is 0.0613. The van der Waals surface area contributed by atoms with Crippen LogP contribution in [0.3, 0.4) is 0 Å². The van der Waals surface area contributed by atoms with Gasteiger partial charge in [0.05, 0.1) is 5.69 Å². The molecule has 2 aromatic carbocycles. The topological polar surface area (TPSA) is 41.1 Å². The predicted octanol–water partition coefficient (Wildman–Crippen LogP) is 4.16. The molecule has 23 heavy (non-hydrogen) atoms. The van der Waals surface area contributed by atoms with Gasteiger partial charge in [-0.15, -0.1) is 0 Å². The number of hydrogen-bond donors (Lipinski definition) is 2. The second kappa shape index (κ2) is 7.17. The van der Waals surface area contributed by atoms with Crippen molar-refractivity contribution in [3.05, 3.63) is 58.9 Å². The Kier molecular flexibility index (Phi) is 5.26. The smallest absolute Gasteiger partial charge is 0.226 e. The molecule has 0 aromatic heterocycles. The van der Waals surface area contributed by atoms with Crippen LogP contribution in [-0.2, 0) is 4.79 Å². The van der Waals surface area contributed by atoms with Gasteiger partial charge in [-0.1, -0.05) is 17.7 Å². The summed E-state index contributed by atoms with van der Waals surface area (Å²) in [5, 5.41) is 5.33. The lowest BCUT2D eigenvalue weighted by atomic mass is 10.1. The number of carbonyl (C=O) groups excluding carboxylic acids is 1. The standard InChI is InChI=1S/C17H17F3N2O/c1-10-3-5-13(11(2)9-10)21-8-7-15(23)22-14-6-4-12(18)16(19)17(14)20/h3-6,9,21H,7-8H2,1-2H3,(H,22,23). The second-order valence-electron chi connectivity index (χ2n) is 5.27. The van der Waals surface area contributed by atoms with Gasteiger partial charge < -0.3 is 10.6 Å². The zero-order chi connectivity index (χ0) is 17.0. The maximum Gasteiger partial charge on any atom is 0.226 e. The Labute approximate surface area is 132 Å². The first-order valence-corrected chi connectivity index (χ1v) is 7.13. The van der Waals surface area contributed by atoms with Gasteiger partial charge >= 0.3 is 0 Å². The average molecular weight is 322 g/mol. The van der Waals surface area contributed by atoms with Gasteiger partial charge in [0.2, 0.25) is 5.91 Å². The summed E-state index contributed by atoms with van der Waals surface area (Å²) >= 11 is 0. The van der Waals surface area contributed by atoms with Crippen molar-refractivity contribution in [1.29, 1.82) is 0 Å². The van der Waals surface area contributed by atoms with Crippen molar-refractivity contribution < 1.29 is 18.0 Å². The molecule has 0 radical (unpaired) electrons. The molecular formula is C17H17F3N2O. The molecule has 0 atom stereocenters. The van der Waals surface area contributed by atoms with Crippen LogP contribution in [0.2, 0.25) is 0 Å². The normalized spacial score (nSPS) is 10.5. The van der Waals surface area contributed by atoms with Crippen LogP contribution in [0.1, 0.15) is 17.5 Å². The summed E-state index contributed by atoms with van der Waals surface area (Å²) in [6, 6.07) is 7.63. The Hall–Kier alpha value is -2.50. The molecule has 0 aliphatic heterocycles. The molecule has 0 bridgehead atoms. The first-order chi connectivity index (χ1) is 10.9. The van der Waals surface area contributed by atoms with Gasteiger partial charge in [-0.25, -0.2) is 13.2 Å². The third kappa shape index (κ3) is 4.25. The highest BCUT2D eigenvalue weighted by molar-refractivity contribution is 5.91. The molecule has 0 fully saturated rings. The molecule has 2 aromatic rings. The number of halogens is 3. The van der Waals surface area contributed by atoms with Crippen LogP contribution in [0, 0.1) is 31.3 Å². The molecule has 0 saturated heterocycles. The fourth-order valence-electron chi connectivity index (χ4n) is 2.16. The summed E-state index contributed by atoms with van der Waals surface area (Å²) < 4.78 is 39.3. The molecule has 2 N–H and O–H groups in total. The number of rotatable bonds is 5. The predicted molar refractivity (Wildman–Crippen MR) is 84.0 cm³/mol. The van der Waals surface area contributed by atoms with Crippen molar-refractivity contribution in [2.75, 3.05) is 17.2 Å². The molecule has 0 aliphatic rings. The van der Waals surface area contributed by atoms with Gasteiger partial charge in [-0.3, -0.25) is 4.79 Å². The molecule has 0 heterocycles. The lowest BCUT2D eigenvalue weighted by molar-refractivity contribution is -0.116. The minimum Gasteiger partial charge on any atom is -0.384 e. The highest BCUT2D eigenvalue weighted by atomic mass is 19.2. The number of nitrogens with one attached hydrogen (secondary N) is 2. The second-order valence-corrected chi connectivity index (χ2v) is 5.27. The molecule has 0 aliphatic carbocycles. The molecule has 0 unspecified atom stereocenters. The van der Waals surface area contributed by atoms with Crippen LogP contribution in [0.5, 0.6) is 0 Å². The lowest BCUT2D eigenvalue weighted by Gasteiger charge is -2.11. The van der Waals surface area contributed by atoms with E-state index in [9.17, 15) is 18.0 Å². The van der Waals surface area contributed by atoms with E-state index in [4.69, 9.17) is 0 Å². The lowest BCUT2D eigenvalue weighted by Crippen LogP contribution is -2.17. The van der Waals surface area contributed by atoms with E-state index in [1.165, 1.54) is 0 Å². The van der Waals surface area contributed by atoms with Crippen LogP contribution in [0.15, 0.2) is 30.3 Å². The highest BCUT2D eigenvalue weighted by Gasteiger charge is 2.15. The third-order valence-electron chi connectivity index (χ3n) is 3.36. The summed E-state index contributed by atoms with van der Waals surface area (Å²) in [4.78, 5) is 11.8. The van der Waals surface area contributed by atoms with E-state index in [2.05, 4.69) is 10.6 Å². The van der Waals surface area contributed by atoms with Gasteiger partial charge in [0.1, 0.15) is 0 Å². The quantitative estimate of drug-likeness (QED) is 0.812. The fraction of sp³-hybridized carbons (Fsp3) is 0.235. The average Bonchev–Trinajstić information content (AvgIpc) is 2.50. The van der Waals surface area contributed by atoms with E-state index in [1.807, 2.05) is 32.0 Å². The number of amides is 1. The zero-order valence-electron chi connectivity index (χ0n) is 12.8. The molecule has 2 rings (SSSR count). The Balaban J connectivity index is 1.89. The minimum absolute atomic E-state index is 0.0613. The minimum atomic E-state index is -1.60. The molecule has 0 spiro atoms. The Morgan fingerprint density at radius 1 is 1.00 bits per heavy atom. The van der Waals surface area contributed by atoms with Crippen LogP contribution >= 0.6 is 0 Å². The van der Waals surface area contributed by atoms with Crippen molar-refractivity contribution >= 4 is 17.3 Å². The van der Waals surface area contributed by atoms with Crippen molar-refractivity contribution in [2.24, 2.45) is 0 Å². The maximum atomic E-state index is 13.5. The van der Waals surface area contributed by atoms with E-state index < -0.39 is 23.4 Å². The monoisotopic (exact) mass is 322 g/mol. The molecule has 122 valence electrons. The number of benzene rings is 2. The largest absolute Gasteiger partial charge is 0.384 e. The summed E-state index contributed by atoms with van der Waals surface area (Å²) in [5.74, 6) is -4.79. The summed E-state index contributed by atoms with van der Waals surface area (Å²) in [7, 11) is 0. The Morgan fingerprint density at radius 3 is 2.39 bits per heavy atom. The SMILES string of the molecule is Cc1ccc(NCCC(=O)Nc2ccc(F)c(F)c2F)c(C)c1. The third-order valence-corrected chi connectivity index (χ3v) is 3.36. The van der Waals surface area contributed by atoms with E-state index in [-0.39, 0.29) is 12.1 Å². The van der Waals surface area contributed by atoms with Gasteiger partial charge in [0.25, 0.3) is 0 Å². The van der Waals surface area contributed by atoms with Crippen molar-refractivity contribution in [1.82, 2.24) is 0 Å². The zero-order valence-corrected chi connectivity index (χ0v) is 12.8. The van der Waals surface area contributed by atoms with E-state index >= 15 is 0 Å². The van der Waals surface area contributed by atoms with Crippen molar-refractivity contribution in [3.63, 3.8) is 0 Å². The van der Waals surface area contributed by atoms with Gasteiger partial charge in [-0.05, 0) is 37.6 Å². The van der Waals surface area contributed by atoms with Gasteiger partial charge in [0, 0.05) is 18.7 Å².